The molecule has 0 atom stereocenters. The van der Waals surface area contributed by atoms with Crippen molar-refractivity contribution < 1.29 is 14.7 Å². The highest BCUT2D eigenvalue weighted by Crippen LogP contribution is 2.22. The van der Waals surface area contributed by atoms with Crippen LogP contribution in [-0.4, -0.2) is 35.1 Å². The Labute approximate surface area is 104 Å². The molecule has 0 radical (unpaired) electrons. The quantitative estimate of drug-likeness (QED) is 0.741. The van der Waals surface area contributed by atoms with Gasteiger partial charge in [-0.15, -0.1) is 0 Å². The lowest BCUT2D eigenvalue weighted by Gasteiger charge is -2.02. The molecule has 1 aromatic rings. The zero-order valence-electron chi connectivity index (χ0n) is 8.20. The third-order valence-corrected chi connectivity index (χ3v) is 3.03. The number of anilines is 1. The summed E-state index contributed by atoms with van der Waals surface area (Å²) in [6, 6.07) is 0. The zero-order valence-corrected chi connectivity index (χ0v) is 10.6. The second-order valence-corrected chi connectivity index (χ2v) is 5.25. The summed E-state index contributed by atoms with van der Waals surface area (Å²) < 4.78 is 0.884. The van der Waals surface area contributed by atoms with Gasteiger partial charge < -0.3 is 15.7 Å². The van der Waals surface area contributed by atoms with E-state index >= 15 is 0 Å². The number of amides is 1. The Balaban J connectivity index is 2.17. The first-order valence-electron chi connectivity index (χ1n) is 4.41. The van der Waals surface area contributed by atoms with Crippen LogP contribution in [0.4, 0.5) is 9.93 Å². The van der Waals surface area contributed by atoms with Gasteiger partial charge in [-0.3, -0.25) is 4.79 Å². The Hall–Kier alpha value is -1.15. The van der Waals surface area contributed by atoms with E-state index in [1.54, 1.807) is 6.20 Å². The third kappa shape index (κ3) is 5.08. The van der Waals surface area contributed by atoms with Crippen molar-refractivity contribution >= 4 is 44.3 Å². The lowest BCUT2D eigenvalue weighted by Crippen LogP contribution is -2.25. The molecular formula is C8H10BrN3O3S. The standard InChI is InChI=1S/C8H10BrN3O3S/c9-6-4-12-7(16-6)11-3-5(13)1-2-10-8(14)15/h4,10H,1-3H2,(H,11,12)(H,14,15). The number of Topliss-reactive ketones (excluding diaryl/α,β-unsaturated/α-hetero) is 1. The molecule has 8 heteroatoms. The molecule has 0 aliphatic rings. The molecule has 0 unspecified atom stereocenters. The molecule has 3 N–H and O–H groups in total. The van der Waals surface area contributed by atoms with E-state index in [2.05, 4.69) is 31.5 Å². The molecule has 0 aromatic carbocycles. The Morgan fingerprint density at radius 3 is 2.88 bits per heavy atom. The summed E-state index contributed by atoms with van der Waals surface area (Å²) in [7, 11) is 0. The van der Waals surface area contributed by atoms with Gasteiger partial charge in [0.15, 0.2) is 10.9 Å². The molecule has 0 saturated heterocycles. The van der Waals surface area contributed by atoms with Crippen molar-refractivity contribution in [1.82, 2.24) is 10.3 Å². The summed E-state index contributed by atoms with van der Waals surface area (Å²) in [5.41, 5.74) is 0. The predicted molar refractivity (Wildman–Crippen MR) is 64.0 cm³/mol. The van der Waals surface area contributed by atoms with Crippen molar-refractivity contribution in [1.29, 1.82) is 0 Å². The highest BCUT2D eigenvalue weighted by Gasteiger charge is 2.04. The molecule has 6 nitrogen and oxygen atoms in total. The minimum atomic E-state index is -1.12. The topological polar surface area (TPSA) is 91.3 Å². The van der Waals surface area contributed by atoms with E-state index in [4.69, 9.17) is 5.11 Å². The van der Waals surface area contributed by atoms with Crippen molar-refractivity contribution in [2.45, 2.75) is 6.42 Å². The number of nitrogens with one attached hydrogen (secondary N) is 2. The van der Waals surface area contributed by atoms with Crippen LogP contribution >= 0.6 is 27.3 Å². The maximum atomic E-state index is 11.3. The predicted octanol–water partition coefficient (Wildman–Crippen LogP) is 1.54. The fourth-order valence-electron chi connectivity index (χ4n) is 0.908. The van der Waals surface area contributed by atoms with Crippen LogP contribution in [0.3, 0.4) is 0 Å². The summed E-state index contributed by atoms with van der Waals surface area (Å²) in [6.45, 7) is 0.290. The van der Waals surface area contributed by atoms with Gasteiger partial charge in [0.05, 0.1) is 16.5 Å². The first-order valence-corrected chi connectivity index (χ1v) is 6.02. The van der Waals surface area contributed by atoms with Gasteiger partial charge in [0.1, 0.15) is 0 Å². The normalized spacial score (nSPS) is 9.81. The number of hydrogen-bond donors (Lipinski definition) is 3. The number of rotatable bonds is 6. The second-order valence-electron chi connectivity index (χ2n) is 2.84. The number of hydrogen-bond acceptors (Lipinski definition) is 5. The number of carbonyl (C=O) groups is 2. The van der Waals surface area contributed by atoms with E-state index in [0.29, 0.717) is 5.13 Å². The monoisotopic (exact) mass is 307 g/mol. The number of halogens is 1. The molecule has 1 heterocycles. The molecule has 1 amide bonds. The number of aromatic nitrogens is 1. The summed E-state index contributed by atoms with van der Waals surface area (Å²) in [6.07, 6.45) is 0.694. The highest BCUT2D eigenvalue weighted by molar-refractivity contribution is 9.11. The van der Waals surface area contributed by atoms with Gasteiger partial charge in [-0.1, -0.05) is 11.3 Å². The molecule has 16 heavy (non-hydrogen) atoms. The van der Waals surface area contributed by atoms with Crippen molar-refractivity contribution in [2.24, 2.45) is 0 Å². The fraction of sp³-hybridized carbons (Fsp3) is 0.375. The maximum absolute atomic E-state index is 11.3. The summed E-state index contributed by atoms with van der Waals surface area (Å²) >= 11 is 4.64. The number of carboxylic acid groups (broad SMARTS) is 1. The summed E-state index contributed by atoms with van der Waals surface area (Å²) in [5.74, 6) is -0.0694. The highest BCUT2D eigenvalue weighted by atomic mass is 79.9. The van der Waals surface area contributed by atoms with Crippen molar-refractivity contribution in [3.63, 3.8) is 0 Å². The van der Waals surface area contributed by atoms with Crippen LogP contribution in [0.1, 0.15) is 6.42 Å². The van der Waals surface area contributed by atoms with Crippen LogP contribution < -0.4 is 10.6 Å². The minimum Gasteiger partial charge on any atom is -0.465 e. The molecule has 0 spiro atoms. The van der Waals surface area contributed by atoms with E-state index in [9.17, 15) is 9.59 Å². The van der Waals surface area contributed by atoms with Gasteiger partial charge in [0, 0.05) is 13.0 Å². The minimum absolute atomic E-state index is 0.0694. The second kappa shape index (κ2) is 6.44. The molecule has 1 aromatic heterocycles. The average Bonchev–Trinajstić information content (AvgIpc) is 2.61. The Bertz CT molecular complexity index is 382. The number of carbonyl (C=O) groups excluding carboxylic acids is 1. The summed E-state index contributed by atoms with van der Waals surface area (Å²) in [4.78, 5) is 25.4. The molecule has 0 saturated carbocycles. The average molecular weight is 308 g/mol. The van der Waals surface area contributed by atoms with Crippen LogP contribution in [0.5, 0.6) is 0 Å². The number of ketones is 1. The first-order chi connectivity index (χ1) is 7.58. The van der Waals surface area contributed by atoms with E-state index in [-0.39, 0.29) is 25.3 Å². The number of nitrogens with zero attached hydrogens (tertiary/aromatic N) is 1. The zero-order chi connectivity index (χ0) is 12.0. The van der Waals surface area contributed by atoms with E-state index in [1.807, 2.05) is 0 Å². The van der Waals surface area contributed by atoms with Gasteiger partial charge in [-0.25, -0.2) is 9.78 Å². The van der Waals surface area contributed by atoms with E-state index in [0.717, 1.165) is 3.79 Å². The van der Waals surface area contributed by atoms with Gasteiger partial charge in [-0.05, 0) is 15.9 Å². The smallest absolute Gasteiger partial charge is 0.404 e. The lowest BCUT2D eigenvalue weighted by molar-refractivity contribution is -0.117. The van der Waals surface area contributed by atoms with Gasteiger partial charge >= 0.3 is 6.09 Å². The van der Waals surface area contributed by atoms with Gasteiger partial charge in [0.25, 0.3) is 0 Å². The molecule has 0 aliphatic carbocycles. The van der Waals surface area contributed by atoms with Crippen molar-refractivity contribution in [3.05, 3.63) is 9.98 Å². The Morgan fingerprint density at radius 2 is 2.31 bits per heavy atom. The summed E-state index contributed by atoms with van der Waals surface area (Å²) in [5, 5.41) is 13.9. The Morgan fingerprint density at radius 1 is 1.56 bits per heavy atom. The van der Waals surface area contributed by atoms with Crippen LogP contribution in [0, 0.1) is 0 Å². The van der Waals surface area contributed by atoms with Gasteiger partial charge in [-0.2, -0.15) is 0 Å². The SMILES string of the molecule is O=C(CCNC(=O)O)CNc1ncc(Br)s1. The molecule has 0 aliphatic heterocycles. The maximum Gasteiger partial charge on any atom is 0.404 e. The van der Waals surface area contributed by atoms with Crippen molar-refractivity contribution in [3.8, 4) is 0 Å². The van der Waals surface area contributed by atoms with Crippen molar-refractivity contribution in [2.75, 3.05) is 18.4 Å². The van der Waals surface area contributed by atoms with E-state index in [1.165, 1.54) is 11.3 Å². The largest absolute Gasteiger partial charge is 0.465 e. The molecule has 0 bridgehead atoms. The van der Waals surface area contributed by atoms with Crippen LogP contribution in [0.2, 0.25) is 0 Å². The van der Waals surface area contributed by atoms with Crippen LogP contribution in [0.15, 0.2) is 9.98 Å². The van der Waals surface area contributed by atoms with Crippen LogP contribution in [-0.2, 0) is 4.79 Å². The molecule has 0 fully saturated rings. The van der Waals surface area contributed by atoms with Gasteiger partial charge in [0.2, 0.25) is 0 Å². The Kier molecular flexibility index (Phi) is 5.20. The molecule has 1 rings (SSSR count). The molecular weight excluding hydrogens is 298 g/mol. The van der Waals surface area contributed by atoms with Crippen LogP contribution in [0.25, 0.3) is 0 Å². The molecule has 88 valence electrons. The van der Waals surface area contributed by atoms with E-state index < -0.39 is 6.09 Å². The third-order valence-electron chi connectivity index (χ3n) is 1.59. The lowest BCUT2D eigenvalue weighted by atomic mass is 10.3. The first kappa shape index (κ1) is 12.9. The fourth-order valence-corrected chi connectivity index (χ4v) is 2.01. The number of thiazole rings is 1.